The molecule has 0 bridgehead atoms. The van der Waals surface area contributed by atoms with Crippen LogP contribution in [0.1, 0.15) is 58.6 Å². The van der Waals surface area contributed by atoms with Gasteiger partial charge in [-0.15, -0.1) is 0 Å². The van der Waals surface area contributed by atoms with Crippen molar-refractivity contribution in [3.8, 4) is 0 Å². The molecule has 0 radical (unpaired) electrons. The summed E-state index contributed by atoms with van der Waals surface area (Å²) in [6, 6.07) is 13.5. The summed E-state index contributed by atoms with van der Waals surface area (Å²) < 4.78 is 16.1. The lowest BCUT2D eigenvalue weighted by atomic mass is 9.89. The molecule has 0 aliphatic heterocycles. The van der Waals surface area contributed by atoms with Crippen molar-refractivity contribution < 1.29 is 23.5 Å². The Kier molecular flexibility index (Phi) is 6.37. The summed E-state index contributed by atoms with van der Waals surface area (Å²) in [4.78, 5) is 25.0. The van der Waals surface area contributed by atoms with E-state index in [0.29, 0.717) is 11.1 Å². The van der Waals surface area contributed by atoms with Gasteiger partial charge in [-0.1, -0.05) is 36.4 Å². The van der Waals surface area contributed by atoms with Crippen molar-refractivity contribution in [2.24, 2.45) is 0 Å². The molecule has 6 nitrogen and oxygen atoms in total. The van der Waals surface area contributed by atoms with Gasteiger partial charge in [0.1, 0.15) is 5.58 Å². The molecule has 6 heteroatoms. The number of methoxy groups -OCH3 is 1. The van der Waals surface area contributed by atoms with Crippen LogP contribution in [-0.4, -0.2) is 25.6 Å². The van der Waals surface area contributed by atoms with Crippen molar-refractivity contribution in [3.63, 3.8) is 0 Å². The number of hydrogen-bond donors (Lipinski definition) is 1. The first-order valence-electron chi connectivity index (χ1n) is 10.6. The Balaban J connectivity index is 1.38. The summed E-state index contributed by atoms with van der Waals surface area (Å²) in [5.74, 6) is -0.971. The molecule has 0 unspecified atom stereocenters. The van der Waals surface area contributed by atoms with Crippen LogP contribution in [0.25, 0.3) is 11.0 Å². The van der Waals surface area contributed by atoms with Crippen LogP contribution < -0.4 is 5.32 Å². The Morgan fingerprint density at radius 2 is 1.87 bits per heavy atom. The van der Waals surface area contributed by atoms with E-state index in [1.807, 2.05) is 25.1 Å². The molecule has 1 N–H and O–H groups in total. The van der Waals surface area contributed by atoms with Gasteiger partial charge >= 0.3 is 5.97 Å². The number of furan rings is 1. The van der Waals surface area contributed by atoms with Gasteiger partial charge in [0.2, 0.25) is 5.76 Å². The van der Waals surface area contributed by atoms with Crippen LogP contribution in [0.4, 0.5) is 0 Å². The largest absolute Gasteiger partial charge is 0.450 e. The van der Waals surface area contributed by atoms with E-state index in [1.165, 1.54) is 24.0 Å². The average molecular weight is 421 g/mol. The molecule has 0 saturated carbocycles. The number of carbonyl (C=O) groups is 2. The van der Waals surface area contributed by atoms with Gasteiger partial charge in [-0.05, 0) is 55.4 Å². The van der Waals surface area contributed by atoms with Crippen molar-refractivity contribution in [2.45, 2.75) is 45.3 Å². The monoisotopic (exact) mass is 421 g/mol. The molecule has 2 aromatic carbocycles. The number of fused-ring (bicyclic) bond motifs is 2. The zero-order chi connectivity index (χ0) is 21.8. The maximum Gasteiger partial charge on any atom is 0.375 e. The molecule has 162 valence electrons. The quantitative estimate of drug-likeness (QED) is 0.569. The van der Waals surface area contributed by atoms with Crippen LogP contribution in [0.2, 0.25) is 0 Å². The van der Waals surface area contributed by atoms with Crippen molar-refractivity contribution in [3.05, 3.63) is 70.5 Å². The van der Waals surface area contributed by atoms with Crippen LogP contribution in [0.15, 0.2) is 46.9 Å². The van der Waals surface area contributed by atoms with Crippen LogP contribution in [0, 0.1) is 0 Å². The summed E-state index contributed by atoms with van der Waals surface area (Å²) in [7, 11) is 1.55. The number of para-hydroxylation sites is 1. The molecule has 1 heterocycles. The molecule has 0 spiro atoms. The third kappa shape index (κ3) is 4.64. The van der Waals surface area contributed by atoms with Crippen LogP contribution >= 0.6 is 0 Å². The lowest BCUT2D eigenvalue weighted by Gasteiger charge is -2.20. The highest BCUT2D eigenvalue weighted by atomic mass is 16.5. The Morgan fingerprint density at radius 3 is 2.68 bits per heavy atom. The summed E-state index contributed by atoms with van der Waals surface area (Å²) in [5.41, 5.74) is 5.02. The second kappa shape index (κ2) is 9.35. The molecule has 1 aliphatic carbocycles. The van der Waals surface area contributed by atoms with Crippen molar-refractivity contribution in [2.75, 3.05) is 13.7 Å². The van der Waals surface area contributed by atoms with Crippen LogP contribution in [-0.2, 0) is 33.7 Å². The lowest BCUT2D eigenvalue weighted by Crippen LogP contribution is -2.31. The van der Waals surface area contributed by atoms with E-state index in [1.54, 1.807) is 13.2 Å². The predicted octanol–water partition coefficient (Wildman–Crippen LogP) is 4.49. The first-order valence-corrected chi connectivity index (χ1v) is 10.6. The Labute approximate surface area is 181 Å². The van der Waals surface area contributed by atoms with Gasteiger partial charge in [0, 0.05) is 18.1 Å². The number of esters is 1. The van der Waals surface area contributed by atoms with E-state index in [0.717, 1.165) is 23.8 Å². The fourth-order valence-corrected chi connectivity index (χ4v) is 4.14. The smallest absolute Gasteiger partial charge is 0.375 e. The summed E-state index contributed by atoms with van der Waals surface area (Å²) in [6.45, 7) is 1.76. The Morgan fingerprint density at radius 1 is 1.10 bits per heavy atom. The van der Waals surface area contributed by atoms with E-state index >= 15 is 0 Å². The van der Waals surface area contributed by atoms with Crippen LogP contribution in [0.3, 0.4) is 0 Å². The lowest BCUT2D eigenvalue weighted by molar-refractivity contribution is -0.124. The Hall–Kier alpha value is -3.12. The molecule has 1 aliphatic rings. The standard InChI is InChI=1S/C25H27NO5/c1-16(18-12-11-17-7-3-4-8-19(17)13-18)26-23(27)15-30-25(28)24-21(14-29-2)20-9-5-6-10-22(20)31-24/h5-6,9-13,16H,3-4,7-8,14-15H2,1-2H3,(H,26,27)/t16-/m0/s1. The van der Waals surface area contributed by atoms with Crippen molar-refractivity contribution in [1.29, 1.82) is 0 Å². The highest BCUT2D eigenvalue weighted by Crippen LogP contribution is 2.27. The second-order valence-corrected chi connectivity index (χ2v) is 7.94. The Bertz CT molecular complexity index is 1100. The van der Waals surface area contributed by atoms with Gasteiger partial charge in [0.25, 0.3) is 5.91 Å². The van der Waals surface area contributed by atoms with Gasteiger partial charge in [-0.3, -0.25) is 4.79 Å². The van der Waals surface area contributed by atoms with E-state index in [2.05, 4.69) is 23.5 Å². The molecule has 4 rings (SSSR count). The fourth-order valence-electron chi connectivity index (χ4n) is 4.14. The first kappa shape index (κ1) is 21.1. The van der Waals surface area contributed by atoms with Gasteiger partial charge in [0.15, 0.2) is 6.61 Å². The summed E-state index contributed by atoms with van der Waals surface area (Å²) in [5, 5.41) is 3.70. The number of nitrogens with one attached hydrogen (secondary N) is 1. The highest BCUT2D eigenvalue weighted by molar-refractivity contribution is 5.96. The highest BCUT2D eigenvalue weighted by Gasteiger charge is 2.23. The minimum atomic E-state index is -0.681. The zero-order valence-corrected chi connectivity index (χ0v) is 17.9. The summed E-state index contributed by atoms with van der Waals surface area (Å²) >= 11 is 0. The number of rotatable bonds is 7. The van der Waals surface area contributed by atoms with Gasteiger partial charge in [0.05, 0.1) is 12.6 Å². The summed E-state index contributed by atoms with van der Waals surface area (Å²) in [6.07, 6.45) is 4.66. The third-order valence-electron chi connectivity index (χ3n) is 5.76. The molecular formula is C25H27NO5. The minimum absolute atomic E-state index is 0.0681. The molecule has 1 amide bonds. The number of benzene rings is 2. The van der Waals surface area contributed by atoms with E-state index < -0.39 is 5.97 Å². The second-order valence-electron chi connectivity index (χ2n) is 7.94. The molecule has 3 aromatic rings. The van der Waals surface area contributed by atoms with Crippen molar-refractivity contribution in [1.82, 2.24) is 5.32 Å². The van der Waals surface area contributed by atoms with E-state index in [4.69, 9.17) is 13.9 Å². The number of ether oxygens (including phenoxy) is 2. The average Bonchev–Trinajstić information content (AvgIpc) is 3.16. The SMILES string of the molecule is COCc1c(C(=O)OCC(=O)N[C@@H](C)c2ccc3c(c2)CCCC3)oc2ccccc12. The molecule has 1 aromatic heterocycles. The van der Waals surface area contributed by atoms with Gasteiger partial charge < -0.3 is 19.2 Å². The number of carbonyl (C=O) groups excluding carboxylic acids is 2. The maximum atomic E-state index is 12.6. The molecule has 1 atom stereocenters. The van der Waals surface area contributed by atoms with E-state index in [-0.39, 0.29) is 30.9 Å². The number of hydrogen-bond acceptors (Lipinski definition) is 5. The predicted molar refractivity (Wildman–Crippen MR) is 117 cm³/mol. The zero-order valence-electron chi connectivity index (χ0n) is 17.9. The molecular weight excluding hydrogens is 394 g/mol. The third-order valence-corrected chi connectivity index (χ3v) is 5.76. The molecule has 0 saturated heterocycles. The first-order chi connectivity index (χ1) is 15.1. The van der Waals surface area contributed by atoms with E-state index in [9.17, 15) is 9.59 Å². The molecule has 0 fully saturated rings. The van der Waals surface area contributed by atoms with Crippen LogP contribution in [0.5, 0.6) is 0 Å². The normalized spacial score (nSPS) is 14.1. The number of aryl methyl sites for hydroxylation is 2. The number of amides is 1. The van der Waals surface area contributed by atoms with Gasteiger partial charge in [-0.2, -0.15) is 0 Å². The minimum Gasteiger partial charge on any atom is -0.450 e. The van der Waals surface area contributed by atoms with Gasteiger partial charge in [-0.25, -0.2) is 4.79 Å². The van der Waals surface area contributed by atoms with Crippen molar-refractivity contribution >= 4 is 22.8 Å². The maximum absolute atomic E-state index is 12.6. The topological polar surface area (TPSA) is 77.8 Å². The fraction of sp³-hybridized carbons (Fsp3) is 0.360. The molecule has 31 heavy (non-hydrogen) atoms.